The van der Waals surface area contributed by atoms with Crippen molar-refractivity contribution in [1.82, 2.24) is 0 Å². The van der Waals surface area contributed by atoms with E-state index in [1.54, 1.807) is 43.3 Å². The van der Waals surface area contributed by atoms with Crippen LogP contribution in [0, 0.1) is 0 Å². The highest BCUT2D eigenvalue weighted by atomic mass is 32.2. The lowest BCUT2D eigenvalue weighted by atomic mass is 10.2. The molecule has 3 rings (SSSR count). The maximum Gasteiger partial charge on any atom is 0.264 e. The van der Waals surface area contributed by atoms with Crippen LogP contribution in [0.15, 0.2) is 53.4 Å². The number of anilines is 1. The third-order valence-electron chi connectivity index (χ3n) is 3.97. The summed E-state index contributed by atoms with van der Waals surface area (Å²) in [7, 11) is -2.19. The summed E-state index contributed by atoms with van der Waals surface area (Å²) < 4.78 is 33.3. The van der Waals surface area contributed by atoms with Crippen molar-refractivity contribution in [1.29, 1.82) is 0 Å². The molecule has 2 aromatic carbocycles. The van der Waals surface area contributed by atoms with Crippen molar-refractivity contribution in [3.63, 3.8) is 0 Å². The first-order chi connectivity index (χ1) is 12.4. The number of thiophene rings is 1. The molecule has 0 radical (unpaired) electrons. The molecule has 26 heavy (non-hydrogen) atoms. The minimum absolute atomic E-state index is 0.184. The van der Waals surface area contributed by atoms with Crippen LogP contribution < -0.4 is 14.8 Å². The molecule has 6 nitrogen and oxygen atoms in total. The van der Waals surface area contributed by atoms with Gasteiger partial charge in [0.2, 0.25) is 0 Å². The van der Waals surface area contributed by atoms with E-state index in [0.717, 1.165) is 10.1 Å². The van der Waals surface area contributed by atoms with E-state index < -0.39 is 15.9 Å². The van der Waals surface area contributed by atoms with Gasteiger partial charge in [-0.3, -0.25) is 9.10 Å². The Kier molecular flexibility index (Phi) is 4.88. The second-order valence-electron chi connectivity index (χ2n) is 5.54. The summed E-state index contributed by atoms with van der Waals surface area (Å²) in [6, 6.07) is 13.2. The highest BCUT2D eigenvalue weighted by molar-refractivity contribution is 7.92. The Morgan fingerprint density at radius 1 is 1.15 bits per heavy atom. The lowest BCUT2D eigenvalue weighted by molar-refractivity contribution is 0.100. The van der Waals surface area contributed by atoms with Gasteiger partial charge in [-0.2, -0.15) is 0 Å². The summed E-state index contributed by atoms with van der Waals surface area (Å²) in [5.74, 6) is 0.0941. The molecule has 0 saturated heterocycles. The number of hydrogen-bond acceptors (Lipinski definition) is 5. The number of nitrogens with zero attached hydrogens (tertiary/aromatic N) is 1. The average Bonchev–Trinajstić information content (AvgIpc) is 3.06. The molecular formula is C18H18N2O4S2. The van der Waals surface area contributed by atoms with Crippen molar-refractivity contribution in [2.45, 2.75) is 11.8 Å². The summed E-state index contributed by atoms with van der Waals surface area (Å²) in [6.07, 6.45) is 0. The molecule has 0 unspecified atom stereocenters. The number of carbonyl (C=O) groups excluding carboxylic acids is 1. The Morgan fingerprint density at radius 2 is 1.85 bits per heavy atom. The fourth-order valence-corrected chi connectivity index (χ4v) is 5.03. The topological polar surface area (TPSA) is 89.7 Å². The molecule has 136 valence electrons. The van der Waals surface area contributed by atoms with Gasteiger partial charge in [0.15, 0.2) is 0 Å². The SMILES string of the molecule is CCN(c1ccc2sc(C(N)=O)cc2c1)S(=O)(=O)c1ccc(OC)cc1. The van der Waals surface area contributed by atoms with Crippen molar-refractivity contribution >= 4 is 43.0 Å². The maximum atomic E-state index is 13.0. The highest BCUT2D eigenvalue weighted by Gasteiger charge is 2.24. The molecule has 0 spiro atoms. The molecular weight excluding hydrogens is 372 g/mol. The number of rotatable bonds is 6. The van der Waals surface area contributed by atoms with Gasteiger partial charge in [0, 0.05) is 11.2 Å². The van der Waals surface area contributed by atoms with E-state index in [1.165, 1.54) is 34.9 Å². The number of methoxy groups -OCH3 is 1. The minimum Gasteiger partial charge on any atom is -0.497 e. The number of ether oxygens (including phenoxy) is 1. The predicted molar refractivity (Wildman–Crippen MR) is 104 cm³/mol. The van der Waals surface area contributed by atoms with E-state index in [4.69, 9.17) is 10.5 Å². The average molecular weight is 390 g/mol. The molecule has 3 aromatic rings. The molecule has 1 aromatic heterocycles. The second kappa shape index (κ2) is 6.97. The van der Waals surface area contributed by atoms with Gasteiger partial charge in [0.25, 0.3) is 15.9 Å². The highest BCUT2D eigenvalue weighted by Crippen LogP contribution is 2.31. The zero-order valence-corrected chi connectivity index (χ0v) is 15.9. The van der Waals surface area contributed by atoms with E-state index >= 15 is 0 Å². The van der Waals surface area contributed by atoms with Gasteiger partial charge in [-0.15, -0.1) is 11.3 Å². The Labute approximate surface area is 155 Å². The van der Waals surface area contributed by atoms with Crippen molar-refractivity contribution in [3.8, 4) is 5.75 Å². The van der Waals surface area contributed by atoms with Crippen LogP contribution >= 0.6 is 11.3 Å². The van der Waals surface area contributed by atoms with Gasteiger partial charge in [0.05, 0.1) is 22.6 Å². The smallest absolute Gasteiger partial charge is 0.264 e. The zero-order chi connectivity index (χ0) is 18.9. The standard InChI is InChI=1S/C18H18N2O4S2/c1-3-20(26(22,23)15-7-5-14(24-2)6-8-15)13-4-9-16-12(10-13)11-17(25-16)18(19)21/h4-11H,3H2,1-2H3,(H2,19,21). The first-order valence-electron chi connectivity index (χ1n) is 7.87. The largest absolute Gasteiger partial charge is 0.497 e. The summed E-state index contributed by atoms with van der Waals surface area (Å²) in [5.41, 5.74) is 5.86. The molecule has 1 heterocycles. The fraction of sp³-hybridized carbons (Fsp3) is 0.167. The normalized spacial score (nSPS) is 11.5. The van der Waals surface area contributed by atoms with Gasteiger partial charge < -0.3 is 10.5 Å². The minimum atomic E-state index is -3.72. The number of nitrogens with two attached hydrogens (primary N) is 1. The Balaban J connectivity index is 2.03. The summed E-state index contributed by atoms with van der Waals surface area (Å²) in [6.45, 7) is 2.04. The van der Waals surface area contributed by atoms with Gasteiger partial charge in [-0.25, -0.2) is 8.42 Å². The van der Waals surface area contributed by atoms with Crippen molar-refractivity contribution in [2.75, 3.05) is 18.0 Å². The number of primary amides is 1. The van der Waals surface area contributed by atoms with Gasteiger partial charge in [0.1, 0.15) is 5.75 Å². The van der Waals surface area contributed by atoms with Crippen LogP contribution in [0.3, 0.4) is 0 Å². The van der Waals surface area contributed by atoms with Crippen LogP contribution in [0.2, 0.25) is 0 Å². The molecule has 0 atom stereocenters. The van der Waals surface area contributed by atoms with Gasteiger partial charge in [-0.1, -0.05) is 0 Å². The van der Waals surface area contributed by atoms with E-state index in [0.29, 0.717) is 16.3 Å². The van der Waals surface area contributed by atoms with Crippen molar-refractivity contribution < 1.29 is 17.9 Å². The van der Waals surface area contributed by atoms with E-state index in [1.807, 2.05) is 0 Å². The van der Waals surface area contributed by atoms with Crippen molar-refractivity contribution in [3.05, 3.63) is 53.4 Å². The number of amides is 1. The number of sulfonamides is 1. The van der Waals surface area contributed by atoms with Crippen LogP contribution in [0.1, 0.15) is 16.6 Å². The van der Waals surface area contributed by atoms with Gasteiger partial charge >= 0.3 is 0 Å². The van der Waals surface area contributed by atoms with Gasteiger partial charge in [-0.05, 0) is 60.8 Å². The molecule has 2 N–H and O–H groups in total. The Hall–Kier alpha value is -2.58. The van der Waals surface area contributed by atoms with Crippen LogP contribution in [-0.4, -0.2) is 28.0 Å². The first-order valence-corrected chi connectivity index (χ1v) is 10.1. The van der Waals surface area contributed by atoms with E-state index in [9.17, 15) is 13.2 Å². The third-order valence-corrected chi connectivity index (χ3v) is 7.01. The number of fused-ring (bicyclic) bond motifs is 1. The van der Waals surface area contributed by atoms with Crippen LogP contribution in [0.4, 0.5) is 5.69 Å². The number of carbonyl (C=O) groups is 1. The summed E-state index contributed by atoms with van der Waals surface area (Å²) in [4.78, 5) is 12.0. The molecule has 0 aliphatic carbocycles. The molecule has 0 aliphatic rings. The zero-order valence-electron chi connectivity index (χ0n) is 14.3. The van der Waals surface area contributed by atoms with Crippen LogP contribution in [0.5, 0.6) is 5.75 Å². The van der Waals surface area contributed by atoms with Crippen LogP contribution in [-0.2, 0) is 10.0 Å². The Morgan fingerprint density at radius 3 is 2.42 bits per heavy atom. The predicted octanol–water partition coefficient (Wildman–Crippen LogP) is 3.22. The number of benzene rings is 2. The van der Waals surface area contributed by atoms with E-state index in [-0.39, 0.29) is 11.4 Å². The summed E-state index contributed by atoms with van der Waals surface area (Å²) in [5, 5.41) is 0.782. The van der Waals surface area contributed by atoms with Crippen LogP contribution in [0.25, 0.3) is 10.1 Å². The monoisotopic (exact) mass is 390 g/mol. The lowest BCUT2D eigenvalue weighted by Crippen LogP contribution is -2.30. The second-order valence-corrected chi connectivity index (χ2v) is 8.49. The molecule has 0 fully saturated rings. The van der Waals surface area contributed by atoms with E-state index in [2.05, 4.69) is 0 Å². The third kappa shape index (κ3) is 3.25. The molecule has 0 aliphatic heterocycles. The van der Waals surface area contributed by atoms with Crippen molar-refractivity contribution in [2.24, 2.45) is 5.73 Å². The summed E-state index contributed by atoms with van der Waals surface area (Å²) >= 11 is 1.28. The number of hydrogen-bond donors (Lipinski definition) is 1. The molecule has 1 amide bonds. The first kappa shape index (κ1) is 18.2. The molecule has 0 bridgehead atoms. The quantitative estimate of drug-likeness (QED) is 0.700. The fourth-order valence-electron chi connectivity index (χ4n) is 2.67. The molecule has 0 saturated carbocycles. The maximum absolute atomic E-state index is 13.0. The molecule has 8 heteroatoms. The lowest BCUT2D eigenvalue weighted by Gasteiger charge is -2.23. The Bertz CT molecular complexity index is 1060.